The lowest BCUT2D eigenvalue weighted by Crippen LogP contribution is -2.66. The molecule has 4 aromatic carbocycles. The summed E-state index contributed by atoms with van der Waals surface area (Å²) in [6.07, 6.45) is -4.61. The van der Waals surface area contributed by atoms with Crippen molar-refractivity contribution in [2.45, 2.75) is 56.9 Å². The molecule has 5 rings (SSSR count). The molecule has 47 heavy (non-hydrogen) atoms. The Morgan fingerprint density at radius 1 is 0.809 bits per heavy atom. The van der Waals surface area contributed by atoms with Crippen molar-refractivity contribution < 1.29 is 47.6 Å². The summed E-state index contributed by atoms with van der Waals surface area (Å²) >= 11 is 0. The largest absolute Gasteiger partial charge is 0.481 e. The van der Waals surface area contributed by atoms with Gasteiger partial charge in [-0.25, -0.2) is 14.0 Å². The average molecular weight is 643 g/mol. The van der Waals surface area contributed by atoms with Gasteiger partial charge in [0.15, 0.2) is 6.10 Å². The van der Waals surface area contributed by atoms with Gasteiger partial charge in [0.1, 0.15) is 17.7 Å². The van der Waals surface area contributed by atoms with E-state index in [1.807, 2.05) is 0 Å². The second-order valence-electron chi connectivity index (χ2n) is 11.6. The zero-order valence-corrected chi connectivity index (χ0v) is 26.1. The number of benzene rings is 4. The molecule has 4 atom stereocenters. The molecule has 1 N–H and O–H groups in total. The highest BCUT2D eigenvalue weighted by Gasteiger charge is 2.55. The van der Waals surface area contributed by atoms with Crippen LogP contribution in [0.25, 0.3) is 11.1 Å². The summed E-state index contributed by atoms with van der Waals surface area (Å²) in [6.45, 7) is 3.48. The van der Waals surface area contributed by atoms with Gasteiger partial charge in [0.25, 0.3) is 0 Å². The van der Waals surface area contributed by atoms with E-state index in [0.29, 0.717) is 16.7 Å². The molecule has 10 heteroatoms. The maximum atomic E-state index is 14.3. The molecular formula is C37H35FO9. The standard InChI is InChI=1S/C37H35FO9/c1-37(2)33(43-3)31(45-34(41)24-11-6-4-7-12-24)32(46-35(42)25-13-8-5-9-14-25)36(47-37)44-28-19-17-23(18-20-30(39)40)29(22-28)26-15-10-16-27(38)21-26/h4-17,19,21-22,31-33,36H,18,20H2,1-3H3,(H,39,40)/t31-,32+,33+,36?/m0/s1. The number of carboxylic acids is 1. The predicted octanol–water partition coefficient (Wildman–Crippen LogP) is 6.49. The lowest BCUT2D eigenvalue weighted by molar-refractivity contribution is -0.304. The molecule has 0 radical (unpaired) electrons. The Kier molecular flexibility index (Phi) is 10.3. The molecule has 0 amide bonds. The minimum absolute atomic E-state index is 0.132. The van der Waals surface area contributed by atoms with E-state index in [4.69, 9.17) is 23.7 Å². The van der Waals surface area contributed by atoms with Crippen molar-refractivity contribution in [3.05, 3.63) is 126 Å². The maximum absolute atomic E-state index is 14.3. The molecule has 0 aliphatic carbocycles. The zero-order chi connectivity index (χ0) is 33.6. The summed E-state index contributed by atoms with van der Waals surface area (Å²) in [7, 11) is 1.44. The number of aryl methyl sites for hydroxylation is 1. The van der Waals surface area contributed by atoms with Crippen molar-refractivity contribution in [1.82, 2.24) is 0 Å². The zero-order valence-electron chi connectivity index (χ0n) is 26.1. The van der Waals surface area contributed by atoms with E-state index in [1.54, 1.807) is 105 Å². The Labute approximate surface area is 271 Å². The number of carbonyl (C=O) groups excluding carboxylic acids is 2. The number of halogens is 1. The summed E-state index contributed by atoms with van der Waals surface area (Å²) in [5.74, 6) is -2.54. The molecule has 4 aromatic rings. The van der Waals surface area contributed by atoms with Crippen molar-refractivity contribution in [3.63, 3.8) is 0 Å². The molecule has 9 nitrogen and oxygen atoms in total. The Hall–Kier alpha value is -5.06. The number of carboxylic acid groups (broad SMARTS) is 1. The van der Waals surface area contributed by atoms with Gasteiger partial charge >= 0.3 is 17.9 Å². The van der Waals surface area contributed by atoms with Crippen LogP contribution in [0.2, 0.25) is 0 Å². The smallest absolute Gasteiger partial charge is 0.338 e. The second-order valence-corrected chi connectivity index (χ2v) is 11.6. The van der Waals surface area contributed by atoms with Crippen molar-refractivity contribution in [3.8, 4) is 16.9 Å². The molecule has 1 aliphatic rings. The number of hydrogen-bond acceptors (Lipinski definition) is 8. The maximum Gasteiger partial charge on any atom is 0.338 e. The van der Waals surface area contributed by atoms with E-state index < -0.39 is 53.9 Å². The summed E-state index contributed by atoms with van der Waals surface area (Å²) in [4.78, 5) is 38.1. The third-order valence-corrected chi connectivity index (χ3v) is 7.83. The first-order valence-electron chi connectivity index (χ1n) is 15.1. The van der Waals surface area contributed by atoms with E-state index in [-0.39, 0.29) is 29.7 Å². The van der Waals surface area contributed by atoms with Crippen molar-refractivity contribution in [2.24, 2.45) is 0 Å². The van der Waals surface area contributed by atoms with E-state index in [1.165, 1.54) is 19.2 Å². The highest BCUT2D eigenvalue weighted by molar-refractivity contribution is 5.90. The van der Waals surface area contributed by atoms with Crippen LogP contribution in [0.5, 0.6) is 5.75 Å². The summed E-state index contributed by atoms with van der Waals surface area (Å²) < 4.78 is 44.8. The first kappa shape index (κ1) is 33.3. The van der Waals surface area contributed by atoms with Crippen LogP contribution in [-0.2, 0) is 30.2 Å². The van der Waals surface area contributed by atoms with Gasteiger partial charge < -0.3 is 28.8 Å². The third-order valence-electron chi connectivity index (χ3n) is 7.83. The lowest BCUT2D eigenvalue weighted by atomic mass is 9.89. The summed E-state index contributed by atoms with van der Waals surface area (Å²) in [6, 6.07) is 27.6. The first-order chi connectivity index (χ1) is 22.6. The number of ether oxygens (including phenoxy) is 5. The van der Waals surface area contributed by atoms with Crippen molar-refractivity contribution >= 4 is 17.9 Å². The fraction of sp³-hybridized carbons (Fsp3) is 0.270. The third kappa shape index (κ3) is 8.03. The molecular weight excluding hydrogens is 607 g/mol. The van der Waals surface area contributed by atoms with Crippen molar-refractivity contribution in [1.29, 1.82) is 0 Å². The van der Waals surface area contributed by atoms with Crippen LogP contribution in [-0.4, -0.2) is 60.3 Å². The number of carbonyl (C=O) groups is 3. The van der Waals surface area contributed by atoms with Gasteiger partial charge in [0.2, 0.25) is 12.4 Å². The molecule has 0 bridgehead atoms. The molecule has 0 spiro atoms. The van der Waals surface area contributed by atoms with Gasteiger partial charge in [-0.05, 0) is 85.5 Å². The normalized spacial score (nSPS) is 20.2. The number of esters is 2. The van der Waals surface area contributed by atoms with Gasteiger partial charge in [-0.15, -0.1) is 0 Å². The first-order valence-corrected chi connectivity index (χ1v) is 15.1. The number of rotatable bonds is 11. The van der Waals surface area contributed by atoms with E-state index in [0.717, 1.165) is 0 Å². The molecule has 0 aromatic heterocycles. The van der Waals surface area contributed by atoms with Crippen LogP contribution >= 0.6 is 0 Å². The average Bonchev–Trinajstić information content (AvgIpc) is 3.06. The quantitative estimate of drug-likeness (QED) is 0.183. The van der Waals surface area contributed by atoms with Crippen LogP contribution in [0.1, 0.15) is 46.5 Å². The minimum atomic E-state index is -1.31. The molecule has 1 heterocycles. The fourth-order valence-corrected chi connectivity index (χ4v) is 5.60. The SMILES string of the molecule is CO[C@@H]1[C@@H](OC(=O)c2ccccc2)[C@@H](OC(=O)c2ccccc2)C(Oc2ccc(CCC(=O)O)c(-c3cccc(F)c3)c2)OC1(C)C. The van der Waals surface area contributed by atoms with Gasteiger partial charge in [-0.1, -0.05) is 54.6 Å². The van der Waals surface area contributed by atoms with E-state index in [2.05, 4.69) is 0 Å². The van der Waals surface area contributed by atoms with E-state index in [9.17, 15) is 23.9 Å². The molecule has 0 saturated carbocycles. The van der Waals surface area contributed by atoms with Crippen LogP contribution in [0.3, 0.4) is 0 Å². The van der Waals surface area contributed by atoms with Crippen LogP contribution in [0.15, 0.2) is 103 Å². The molecule has 1 unspecified atom stereocenters. The summed E-state index contributed by atoms with van der Waals surface area (Å²) in [5, 5.41) is 9.30. The van der Waals surface area contributed by atoms with Gasteiger partial charge in [0, 0.05) is 13.5 Å². The van der Waals surface area contributed by atoms with Crippen LogP contribution < -0.4 is 4.74 Å². The van der Waals surface area contributed by atoms with Gasteiger partial charge in [0.05, 0.1) is 16.7 Å². The highest BCUT2D eigenvalue weighted by atomic mass is 19.1. The highest BCUT2D eigenvalue weighted by Crippen LogP contribution is 2.38. The predicted molar refractivity (Wildman–Crippen MR) is 169 cm³/mol. The minimum Gasteiger partial charge on any atom is -0.481 e. The Morgan fingerprint density at radius 2 is 1.43 bits per heavy atom. The molecule has 1 fully saturated rings. The lowest BCUT2D eigenvalue weighted by Gasteiger charge is -2.48. The van der Waals surface area contributed by atoms with Crippen molar-refractivity contribution in [2.75, 3.05) is 7.11 Å². The van der Waals surface area contributed by atoms with E-state index >= 15 is 0 Å². The molecule has 1 aliphatic heterocycles. The topological polar surface area (TPSA) is 118 Å². The number of hydrogen-bond donors (Lipinski definition) is 1. The number of methoxy groups -OCH3 is 1. The molecule has 1 saturated heterocycles. The van der Waals surface area contributed by atoms with Crippen LogP contribution in [0.4, 0.5) is 4.39 Å². The number of aliphatic carboxylic acids is 1. The fourth-order valence-electron chi connectivity index (χ4n) is 5.60. The monoisotopic (exact) mass is 642 g/mol. The Bertz CT molecular complexity index is 1710. The van der Waals surface area contributed by atoms with Gasteiger partial charge in [-0.3, -0.25) is 4.79 Å². The molecule has 244 valence electrons. The Morgan fingerprint density at radius 3 is 2.00 bits per heavy atom. The Balaban J connectivity index is 1.54. The van der Waals surface area contributed by atoms with Gasteiger partial charge in [-0.2, -0.15) is 0 Å². The second kappa shape index (κ2) is 14.6. The summed E-state index contributed by atoms with van der Waals surface area (Å²) in [5.41, 5.74) is 1.17. The van der Waals surface area contributed by atoms with Crippen LogP contribution in [0, 0.1) is 5.82 Å².